The van der Waals surface area contributed by atoms with Crippen LogP contribution in [-0.2, 0) is 4.79 Å². The molecule has 0 radical (unpaired) electrons. The highest BCUT2D eigenvalue weighted by Gasteiger charge is 2.11. The Labute approximate surface area is 84.8 Å². The van der Waals surface area contributed by atoms with Gasteiger partial charge < -0.3 is 11.1 Å². The molecular formula is C9H20N2OS. The van der Waals surface area contributed by atoms with Crippen molar-refractivity contribution in [3.8, 4) is 0 Å². The van der Waals surface area contributed by atoms with Crippen molar-refractivity contribution in [2.24, 2.45) is 11.7 Å². The van der Waals surface area contributed by atoms with Crippen LogP contribution in [0.3, 0.4) is 0 Å². The number of nitrogens with one attached hydrogen (secondary N) is 1. The number of nitrogens with two attached hydrogens (primary N) is 1. The van der Waals surface area contributed by atoms with E-state index in [1.54, 1.807) is 11.8 Å². The number of hydrogen-bond donors (Lipinski definition) is 2. The minimum atomic E-state index is -0.341. The molecule has 1 amide bonds. The van der Waals surface area contributed by atoms with Crippen LogP contribution in [0.1, 0.15) is 20.3 Å². The average Bonchev–Trinajstić information content (AvgIpc) is 2.10. The molecule has 0 saturated carbocycles. The standard InChI is InChI=1S/C9H20N2OS/c1-7(2)6-11-9(12)8(10)4-5-13-3/h7-8H,4-6,10H2,1-3H3,(H,11,12). The first kappa shape index (κ1) is 12.8. The summed E-state index contributed by atoms with van der Waals surface area (Å²) in [6, 6.07) is -0.341. The fraction of sp³-hybridized carbons (Fsp3) is 0.889. The van der Waals surface area contributed by atoms with E-state index in [4.69, 9.17) is 5.73 Å². The lowest BCUT2D eigenvalue weighted by Gasteiger charge is -2.12. The highest BCUT2D eigenvalue weighted by Crippen LogP contribution is 1.98. The molecule has 3 nitrogen and oxygen atoms in total. The Bertz CT molecular complexity index is 151. The van der Waals surface area contributed by atoms with Crippen LogP contribution in [-0.4, -0.2) is 30.5 Å². The summed E-state index contributed by atoms with van der Waals surface area (Å²) in [5.74, 6) is 1.40. The van der Waals surface area contributed by atoms with Gasteiger partial charge in [-0.3, -0.25) is 4.79 Å². The van der Waals surface area contributed by atoms with E-state index in [0.717, 1.165) is 12.2 Å². The molecular weight excluding hydrogens is 184 g/mol. The van der Waals surface area contributed by atoms with Crippen molar-refractivity contribution in [3.05, 3.63) is 0 Å². The van der Waals surface area contributed by atoms with Crippen molar-refractivity contribution in [1.82, 2.24) is 5.32 Å². The summed E-state index contributed by atoms with van der Waals surface area (Å²) in [4.78, 5) is 11.3. The monoisotopic (exact) mass is 204 g/mol. The van der Waals surface area contributed by atoms with Crippen LogP contribution in [0.5, 0.6) is 0 Å². The zero-order valence-corrected chi connectivity index (χ0v) is 9.49. The van der Waals surface area contributed by atoms with Crippen molar-refractivity contribution in [2.75, 3.05) is 18.6 Å². The van der Waals surface area contributed by atoms with Gasteiger partial charge in [0.1, 0.15) is 0 Å². The van der Waals surface area contributed by atoms with Gasteiger partial charge in [-0.1, -0.05) is 13.8 Å². The van der Waals surface area contributed by atoms with E-state index in [0.29, 0.717) is 12.5 Å². The molecule has 0 aromatic rings. The Balaban J connectivity index is 3.57. The third-order valence-electron chi connectivity index (χ3n) is 1.65. The first-order chi connectivity index (χ1) is 6.07. The normalized spacial score (nSPS) is 13.0. The van der Waals surface area contributed by atoms with Crippen molar-refractivity contribution in [3.63, 3.8) is 0 Å². The van der Waals surface area contributed by atoms with Crippen molar-refractivity contribution in [1.29, 1.82) is 0 Å². The zero-order valence-electron chi connectivity index (χ0n) is 8.67. The van der Waals surface area contributed by atoms with Gasteiger partial charge in [-0.15, -0.1) is 0 Å². The van der Waals surface area contributed by atoms with Crippen LogP contribution in [0.15, 0.2) is 0 Å². The van der Waals surface area contributed by atoms with Gasteiger partial charge in [-0.25, -0.2) is 0 Å². The summed E-state index contributed by atoms with van der Waals surface area (Å²) in [6.45, 7) is 4.84. The predicted molar refractivity (Wildman–Crippen MR) is 58.8 cm³/mol. The van der Waals surface area contributed by atoms with E-state index in [2.05, 4.69) is 19.2 Å². The molecule has 0 rings (SSSR count). The Morgan fingerprint density at radius 2 is 2.15 bits per heavy atom. The van der Waals surface area contributed by atoms with E-state index in [9.17, 15) is 4.79 Å². The second-order valence-electron chi connectivity index (χ2n) is 3.53. The molecule has 0 aliphatic heterocycles. The van der Waals surface area contributed by atoms with Gasteiger partial charge in [0.2, 0.25) is 5.91 Å². The molecule has 0 fully saturated rings. The molecule has 0 bridgehead atoms. The molecule has 1 unspecified atom stereocenters. The number of hydrogen-bond acceptors (Lipinski definition) is 3. The molecule has 0 saturated heterocycles. The summed E-state index contributed by atoms with van der Waals surface area (Å²) < 4.78 is 0. The molecule has 0 heterocycles. The number of carbonyl (C=O) groups excluding carboxylic acids is 1. The lowest BCUT2D eigenvalue weighted by atomic mass is 10.2. The molecule has 13 heavy (non-hydrogen) atoms. The highest BCUT2D eigenvalue weighted by molar-refractivity contribution is 7.98. The van der Waals surface area contributed by atoms with Crippen LogP contribution < -0.4 is 11.1 Å². The molecule has 0 spiro atoms. The summed E-state index contributed by atoms with van der Waals surface area (Å²) in [6.07, 6.45) is 2.77. The van der Waals surface area contributed by atoms with Gasteiger partial charge in [-0.05, 0) is 24.3 Å². The molecule has 0 aromatic carbocycles. The Hall–Kier alpha value is -0.220. The fourth-order valence-electron chi connectivity index (χ4n) is 0.812. The fourth-order valence-corrected chi connectivity index (χ4v) is 1.30. The van der Waals surface area contributed by atoms with E-state index in [1.165, 1.54) is 0 Å². The second kappa shape index (κ2) is 7.21. The topological polar surface area (TPSA) is 55.1 Å². The predicted octanol–water partition coefficient (Wildman–Crippen LogP) is 0.839. The van der Waals surface area contributed by atoms with Crippen molar-refractivity contribution < 1.29 is 4.79 Å². The van der Waals surface area contributed by atoms with Crippen LogP contribution in [0.4, 0.5) is 0 Å². The van der Waals surface area contributed by atoms with Crippen molar-refractivity contribution in [2.45, 2.75) is 26.3 Å². The highest BCUT2D eigenvalue weighted by atomic mass is 32.2. The number of amides is 1. The number of carbonyl (C=O) groups is 1. The molecule has 3 N–H and O–H groups in total. The summed E-state index contributed by atoms with van der Waals surface area (Å²) in [7, 11) is 0. The van der Waals surface area contributed by atoms with Gasteiger partial charge in [0.15, 0.2) is 0 Å². The van der Waals surface area contributed by atoms with E-state index < -0.39 is 0 Å². The summed E-state index contributed by atoms with van der Waals surface area (Å²) in [5.41, 5.74) is 5.66. The average molecular weight is 204 g/mol. The van der Waals surface area contributed by atoms with E-state index >= 15 is 0 Å². The summed E-state index contributed by atoms with van der Waals surface area (Å²) in [5, 5.41) is 2.82. The van der Waals surface area contributed by atoms with Gasteiger partial charge in [0, 0.05) is 6.54 Å². The SMILES string of the molecule is CSCCC(N)C(=O)NCC(C)C. The lowest BCUT2D eigenvalue weighted by molar-refractivity contribution is -0.122. The van der Waals surface area contributed by atoms with Gasteiger partial charge in [0.05, 0.1) is 6.04 Å². The Kier molecular flexibility index (Phi) is 7.09. The van der Waals surface area contributed by atoms with Crippen LogP contribution in [0.2, 0.25) is 0 Å². The quantitative estimate of drug-likeness (QED) is 0.674. The smallest absolute Gasteiger partial charge is 0.236 e. The molecule has 78 valence electrons. The summed E-state index contributed by atoms with van der Waals surface area (Å²) >= 11 is 1.71. The van der Waals surface area contributed by atoms with Crippen LogP contribution in [0.25, 0.3) is 0 Å². The Morgan fingerprint density at radius 3 is 2.62 bits per heavy atom. The number of rotatable bonds is 6. The van der Waals surface area contributed by atoms with Crippen LogP contribution >= 0.6 is 11.8 Å². The first-order valence-corrected chi connectivity index (χ1v) is 5.99. The molecule has 0 aromatic heterocycles. The maximum absolute atomic E-state index is 11.3. The minimum Gasteiger partial charge on any atom is -0.354 e. The molecule has 0 aliphatic carbocycles. The van der Waals surface area contributed by atoms with Gasteiger partial charge in [0.25, 0.3) is 0 Å². The third kappa shape index (κ3) is 6.90. The largest absolute Gasteiger partial charge is 0.354 e. The maximum atomic E-state index is 11.3. The zero-order chi connectivity index (χ0) is 10.3. The van der Waals surface area contributed by atoms with Gasteiger partial charge in [-0.2, -0.15) is 11.8 Å². The Morgan fingerprint density at radius 1 is 1.54 bits per heavy atom. The van der Waals surface area contributed by atoms with Crippen LogP contribution in [0, 0.1) is 5.92 Å². The molecule has 4 heteroatoms. The van der Waals surface area contributed by atoms with E-state index in [-0.39, 0.29) is 11.9 Å². The minimum absolute atomic E-state index is 0.0252. The maximum Gasteiger partial charge on any atom is 0.236 e. The van der Waals surface area contributed by atoms with Crippen molar-refractivity contribution >= 4 is 17.7 Å². The lowest BCUT2D eigenvalue weighted by Crippen LogP contribution is -2.42. The second-order valence-corrected chi connectivity index (χ2v) is 4.51. The van der Waals surface area contributed by atoms with Gasteiger partial charge >= 0.3 is 0 Å². The number of thioether (sulfide) groups is 1. The first-order valence-electron chi connectivity index (χ1n) is 4.60. The van der Waals surface area contributed by atoms with E-state index in [1.807, 2.05) is 6.26 Å². The third-order valence-corrected chi connectivity index (χ3v) is 2.30. The molecule has 0 aliphatic rings. The molecule has 1 atom stereocenters.